The van der Waals surface area contributed by atoms with E-state index in [2.05, 4.69) is 5.10 Å². The standard InChI is InChI=1S/C7H7ClN2.BH3O3/c1-10-7-3-2-5(8)4-6(7)9-10;2-1(3)4/h2-4,9H,1H3;2-4H. The molecule has 14 heavy (non-hydrogen) atoms. The maximum atomic E-state index is 7.17. The first-order chi connectivity index (χ1) is 6.50. The van der Waals surface area contributed by atoms with Gasteiger partial charge in [0.2, 0.25) is 0 Å². The van der Waals surface area contributed by atoms with Crippen LogP contribution in [0.15, 0.2) is 18.2 Å². The predicted octanol–water partition coefficient (Wildman–Crippen LogP) is 0.108. The Bertz CT molecular complexity index is 405. The molecule has 2 aromatic rings. The Morgan fingerprint density at radius 3 is 2.36 bits per heavy atom. The lowest BCUT2D eigenvalue weighted by Gasteiger charge is -2.10. The molecular formula is C7H10BClN2O3. The van der Waals surface area contributed by atoms with Gasteiger partial charge >= 0.3 is 7.32 Å². The van der Waals surface area contributed by atoms with E-state index in [-0.39, 0.29) is 0 Å². The molecule has 0 spiro atoms. The third-order valence-electron chi connectivity index (χ3n) is 1.61. The molecule has 0 aliphatic heterocycles. The molecule has 4 N–H and O–H groups in total. The molecule has 2 rings (SSSR count). The SMILES string of the molecule is Cn1[nH]c2cc(Cl)ccc21.OB(O)O. The van der Waals surface area contributed by atoms with Gasteiger partial charge in [-0.1, -0.05) is 11.6 Å². The van der Waals surface area contributed by atoms with Crippen molar-refractivity contribution in [3.8, 4) is 0 Å². The molecule has 0 aliphatic rings. The number of nitrogens with zero attached hydrogens (tertiary/aromatic N) is 1. The molecule has 1 heterocycles. The van der Waals surface area contributed by atoms with Crippen LogP contribution in [-0.4, -0.2) is 32.2 Å². The second kappa shape index (κ2) is 4.52. The lowest BCUT2D eigenvalue weighted by Crippen LogP contribution is -2.07. The molecule has 76 valence electrons. The summed E-state index contributed by atoms with van der Waals surface area (Å²) in [5.41, 5.74) is 2.31. The van der Waals surface area contributed by atoms with Crippen molar-refractivity contribution in [1.82, 2.24) is 9.78 Å². The van der Waals surface area contributed by atoms with Gasteiger partial charge in [0, 0.05) is 12.1 Å². The van der Waals surface area contributed by atoms with Crippen LogP contribution in [0.3, 0.4) is 0 Å². The van der Waals surface area contributed by atoms with Crippen molar-refractivity contribution in [2.24, 2.45) is 7.05 Å². The quantitative estimate of drug-likeness (QED) is 0.472. The Hall–Kier alpha value is -0.945. The number of halogens is 1. The average molecular weight is 216 g/mol. The Morgan fingerprint density at radius 2 is 1.93 bits per heavy atom. The largest absolute Gasteiger partial charge is 0.631 e. The topological polar surface area (TPSA) is 81.4 Å². The van der Waals surface area contributed by atoms with E-state index in [4.69, 9.17) is 26.7 Å². The van der Waals surface area contributed by atoms with Crippen molar-refractivity contribution < 1.29 is 15.1 Å². The number of aryl methyl sites for hydroxylation is 1. The highest BCUT2D eigenvalue weighted by Crippen LogP contribution is 2.18. The lowest BCUT2D eigenvalue weighted by atomic mass is 10.3. The van der Waals surface area contributed by atoms with Crippen LogP contribution >= 0.6 is 11.6 Å². The molecule has 0 amide bonds. The number of hydrogen-bond acceptors (Lipinski definition) is 3. The first-order valence-corrected chi connectivity index (χ1v) is 4.22. The van der Waals surface area contributed by atoms with Gasteiger partial charge in [0.05, 0.1) is 11.0 Å². The van der Waals surface area contributed by atoms with E-state index in [1.165, 1.54) is 5.52 Å². The minimum Gasteiger partial charge on any atom is -0.402 e. The molecule has 5 nitrogen and oxygen atoms in total. The summed E-state index contributed by atoms with van der Waals surface area (Å²) < 4.78 is 1.95. The zero-order chi connectivity index (χ0) is 10.7. The molecule has 0 fully saturated rings. The molecular weight excluding hydrogens is 206 g/mol. The number of rotatable bonds is 0. The summed E-state index contributed by atoms with van der Waals surface area (Å²) in [6.45, 7) is 0. The second-order valence-corrected chi connectivity index (χ2v) is 3.12. The van der Waals surface area contributed by atoms with Crippen LogP contribution in [0.1, 0.15) is 0 Å². The molecule has 0 bridgehead atoms. The number of aromatic nitrogens is 2. The van der Waals surface area contributed by atoms with Crippen LogP contribution in [0.4, 0.5) is 0 Å². The van der Waals surface area contributed by atoms with Gasteiger partial charge in [-0.05, 0) is 18.2 Å². The smallest absolute Gasteiger partial charge is 0.402 e. The maximum Gasteiger partial charge on any atom is 0.631 e. The van der Waals surface area contributed by atoms with Crippen LogP contribution < -0.4 is 0 Å². The first kappa shape index (κ1) is 11.1. The van der Waals surface area contributed by atoms with Crippen LogP contribution in [-0.2, 0) is 7.05 Å². The van der Waals surface area contributed by atoms with Gasteiger partial charge in [-0.3, -0.25) is 9.78 Å². The molecule has 1 aromatic carbocycles. The van der Waals surface area contributed by atoms with Crippen molar-refractivity contribution in [2.75, 3.05) is 0 Å². The third-order valence-corrected chi connectivity index (χ3v) is 1.84. The molecule has 1 aromatic heterocycles. The lowest BCUT2D eigenvalue weighted by molar-refractivity contribution is 0.278. The van der Waals surface area contributed by atoms with Gasteiger partial charge in [0.15, 0.2) is 0 Å². The van der Waals surface area contributed by atoms with Crippen molar-refractivity contribution in [1.29, 1.82) is 0 Å². The number of H-pyrrole nitrogens is 1. The van der Waals surface area contributed by atoms with Crippen molar-refractivity contribution in [3.63, 3.8) is 0 Å². The third kappa shape index (κ3) is 2.78. The van der Waals surface area contributed by atoms with Crippen LogP contribution in [0.25, 0.3) is 11.0 Å². The minimum atomic E-state index is -2.17. The van der Waals surface area contributed by atoms with Gasteiger partial charge in [-0.25, -0.2) is 0 Å². The Labute approximate surface area is 85.7 Å². The summed E-state index contributed by atoms with van der Waals surface area (Å²) in [4.78, 5) is 0. The highest BCUT2D eigenvalue weighted by Gasteiger charge is 1.99. The summed E-state index contributed by atoms with van der Waals surface area (Å²) in [6, 6.07) is 5.79. The fourth-order valence-corrected chi connectivity index (χ4v) is 1.25. The number of benzene rings is 1. The van der Waals surface area contributed by atoms with Crippen LogP contribution in [0.5, 0.6) is 0 Å². The van der Waals surface area contributed by atoms with E-state index in [9.17, 15) is 0 Å². The van der Waals surface area contributed by atoms with Gasteiger partial charge < -0.3 is 15.1 Å². The molecule has 0 saturated heterocycles. The number of hydrogen-bond donors (Lipinski definition) is 4. The fraction of sp³-hybridized carbons (Fsp3) is 0.143. The summed E-state index contributed by atoms with van der Waals surface area (Å²) >= 11 is 5.74. The van der Waals surface area contributed by atoms with Crippen molar-refractivity contribution >= 4 is 30.0 Å². The molecule has 0 atom stereocenters. The highest BCUT2D eigenvalue weighted by molar-refractivity contribution is 6.31. The van der Waals surface area contributed by atoms with Gasteiger partial charge in [0.1, 0.15) is 0 Å². The zero-order valence-corrected chi connectivity index (χ0v) is 8.23. The maximum absolute atomic E-state index is 7.17. The Kier molecular flexibility index (Phi) is 3.59. The first-order valence-electron chi connectivity index (χ1n) is 3.85. The van der Waals surface area contributed by atoms with E-state index < -0.39 is 7.32 Å². The van der Waals surface area contributed by atoms with E-state index in [0.717, 1.165) is 10.5 Å². The van der Waals surface area contributed by atoms with E-state index in [1.54, 1.807) is 0 Å². The highest BCUT2D eigenvalue weighted by atomic mass is 35.5. The van der Waals surface area contributed by atoms with E-state index >= 15 is 0 Å². The monoisotopic (exact) mass is 216 g/mol. The molecule has 0 aliphatic carbocycles. The minimum absolute atomic E-state index is 0.777. The van der Waals surface area contributed by atoms with Crippen molar-refractivity contribution in [3.05, 3.63) is 23.2 Å². The fourth-order valence-electron chi connectivity index (χ4n) is 1.08. The molecule has 0 unspecified atom stereocenters. The van der Waals surface area contributed by atoms with E-state index in [1.807, 2.05) is 29.9 Å². The number of nitrogens with one attached hydrogen (secondary N) is 1. The zero-order valence-electron chi connectivity index (χ0n) is 7.48. The summed E-state index contributed by atoms with van der Waals surface area (Å²) in [7, 11) is -0.198. The number of aromatic amines is 1. The Balaban J connectivity index is 0.000000213. The van der Waals surface area contributed by atoms with Crippen LogP contribution in [0.2, 0.25) is 5.02 Å². The molecule has 0 saturated carbocycles. The summed E-state index contributed by atoms with van der Waals surface area (Å²) in [5.74, 6) is 0. The number of fused-ring (bicyclic) bond motifs is 1. The predicted molar refractivity (Wildman–Crippen MR) is 54.7 cm³/mol. The van der Waals surface area contributed by atoms with Crippen LogP contribution in [0, 0.1) is 0 Å². The van der Waals surface area contributed by atoms with Gasteiger partial charge in [0.25, 0.3) is 0 Å². The van der Waals surface area contributed by atoms with Crippen molar-refractivity contribution in [2.45, 2.75) is 0 Å². The summed E-state index contributed by atoms with van der Waals surface area (Å²) in [6.07, 6.45) is 0. The molecule has 7 heteroatoms. The Morgan fingerprint density at radius 1 is 1.36 bits per heavy atom. The second-order valence-electron chi connectivity index (χ2n) is 2.68. The molecule has 0 radical (unpaired) electrons. The van der Waals surface area contributed by atoms with Gasteiger partial charge in [-0.15, -0.1) is 0 Å². The average Bonchev–Trinajstić information content (AvgIpc) is 2.01. The normalized spacial score (nSPS) is 9.79. The van der Waals surface area contributed by atoms with E-state index in [0.29, 0.717) is 0 Å². The summed E-state index contributed by atoms with van der Waals surface area (Å²) in [5, 5.41) is 25.4. The van der Waals surface area contributed by atoms with Gasteiger partial charge in [-0.2, -0.15) is 0 Å².